The predicted molar refractivity (Wildman–Crippen MR) is 116 cm³/mol. The van der Waals surface area contributed by atoms with Gasteiger partial charge >= 0.3 is 0 Å². The van der Waals surface area contributed by atoms with Gasteiger partial charge in [0.15, 0.2) is 0 Å². The first-order chi connectivity index (χ1) is 14.0. The van der Waals surface area contributed by atoms with Crippen molar-refractivity contribution in [1.29, 1.82) is 0 Å². The fraction of sp³-hybridized carbons (Fsp3) is 0.333. The first kappa shape index (κ1) is 20.8. The first-order valence-corrected chi connectivity index (χ1v) is 10.1. The summed E-state index contributed by atoms with van der Waals surface area (Å²) in [6.07, 6.45) is 4.85. The van der Waals surface area contributed by atoms with E-state index in [1.807, 2.05) is 48.5 Å². The molecule has 2 amide bonds. The molecule has 5 heteroatoms. The van der Waals surface area contributed by atoms with Crippen molar-refractivity contribution in [1.82, 2.24) is 15.1 Å². The number of nitrogens with one attached hydrogen (secondary N) is 1. The van der Waals surface area contributed by atoms with Crippen LogP contribution in [0.15, 0.2) is 60.8 Å². The molecule has 5 nitrogen and oxygen atoms in total. The molecule has 0 saturated carbocycles. The summed E-state index contributed by atoms with van der Waals surface area (Å²) in [5.74, 6) is -0.0897. The van der Waals surface area contributed by atoms with E-state index in [1.54, 1.807) is 11.1 Å². The van der Waals surface area contributed by atoms with Gasteiger partial charge in [0.2, 0.25) is 11.8 Å². The molecule has 2 aromatic rings. The van der Waals surface area contributed by atoms with Gasteiger partial charge in [-0.25, -0.2) is 0 Å². The van der Waals surface area contributed by atoms with Gasteiger partial charge in [0, 0.05) is 26.2 Å². The average molecular weight is 392 g/mol. The van der Waals surface area contributed by atoms with E-state index in [0.29, 0.717) is 6.54 Å². The zero-order valence-electron chi connectivity index (χ0n) is 17.2. The lowest BCUT2D eigenvalue weighted by Crippen LogP contribution is -2.36. The smallest absolute Gasteiger partial charge is 0.223 e. The summed E-state index contributed by atoms with van der Waals surface area (Å²) in [7, 11) is 2.09. The summed E-state index contributed by atoms with van der Waals surface area (Å²) >= 11 is 0. The molecule has 0 spiro atoms. The molecule has 1 heterocycles. The molecule has 1 N–H and O–H groups in total. The molecule has 0 aliphatic carbocycles. The SMILES string of the molecule is CC(=O)N1C=Cc2ccccc2C1CC(=O)NCCCN(C)Cc1ccccc1. The second-order valence-corrected chi connectivity index (χ2v) is 7.52. The second kappa shape index (κ2) is 10.0. The number of rotatable bonds is 8. The minimum atomic E-state index is -0.255. The summed E-state index contributed by atoms with van der Waals surface area (Å²) < 4.78 is 0. The van der Waals surface area contributed by atoms with E-state index in [1.165, 1.54) is 12.5 Å². The van der Waals surface area contributed by atoms with Gasteiger partial charge in [-0.2, -0.15) is 0 Å². The van der Waals surface area contributed by atoms with Crippen LogP contribution in [-0.2, 0) is 16.1 Å². The van der Waals surface area contributed by atoms with Crippen molar-refractivity contribution in [2.45, 2.75) is 32.4 Å². The number of hydrogen-bond donors (Lipinski definition) is 1. The highest BCUT2D eigenvalue weighted by Gasteiger charge is 2.27. The molecular formula is C24H29N3O2. The largest absolute Gasteiger partial charge is 0.356 e. The van der Waals surface area contributed by atoms with Gasteiger partial charge in [-0.3, -0.25) is 9.59 Å². The van der Waals surface area contributed by atoms with Crippen LogP contribution in [0.2, 0.25) is 0 Å². The third kappa shape index (κ3) is 5.78. The van der Waals surface area contributed by atoms with Crippen molar-refractivity contribution in [2.24, 2.45) is 0 Å². The lowest BCUT2D eigenvalue weighted by molar-refractivity contribution is -0.129. The summed E-state index contributed by atoms with van der Waals surface area (Å²) in [4.78, 5) is 28.5. The standard InChI is InChI=1S/C24H29N3O2/c1-19(28)27-16-13-21-11-6-7-12-22(21)23(27)17-24(29)25-14-8-15-26(2)18-20-9-4-3-5-10-20/h3-7,9-13,16,23H,8,14-15,17-18H2,1-2H3,(H,25,29). The van der Waals surface area contributed by atoms with Crippen LogP contribution in [0.3, 0.4) is 0 Å². The van der Waals surface area contributed by atoms with Gasteiger partial charge in [-0.1, -0.05) is 54.6 Å². The van der Waals surface area contributed by atoms with Crippen LogP contribution in [0.25, 0.3) is 6.08 Å². The fourth-order valence-electron chi connectivity index (χ4n) is 3.71. The molecule has 3 rings (SSSR count). The van der Waals surface area contributed by atoms with Crippen molar-refractivity contribution in [3.8, 4) is 0 Å². The lowest BCUT2D eigenvalue weighted by atomic mass is 9.93. The number of fused-ring (bicyclic) bond motifs is 1. The van der Waals surface area contributed by atoms with Gasteiger partial charge in [0.25, 0.3) is 0 Å². The Morgan fingerprint density at radius 1 is 1.07 bits per heavy atom. The molecule has 0 radical (unpaired) electrons. The van der Waals surface area contributed by atoms with Crippen molar-refractivity contribution >= 4 is 17.9 Å². The topological polar surface area (TPSA) is 52.7 Å². The number of benzene rings is 2. The summed E-state index contributed by atoms with van der Waals surface area (Å²) in [5.41, 5.74) is 3.36. The van der Waals surface area contributed by atoms with Crippen LogP contribution < -0.4 is 5.32 Å². The number of carbonyl (C=O) groups excluding carboxylic acids is 2. The third-order valence-electron chi connectivity index (χ3n) is 5.18. The van der Waals surface area contributed by atoms with Crippen molar-refractivity contribution in [3.05, 3.63) is 77.5 Å². The van der Waals surface area contributed by atoms with Gasteiger partial charge in [-0.15, -0.1) is 0 Å². The Morgan fingerprint density at radius 2 is 1.79 bits per heavy atom. The summed E-state index contributed by atoms with van der Waals surface area (Å²) in [6, 6.07) is 18.0. The number of amides is 2. The highest BCUT2D eigenvalue weighted by atomic mass is 16.2. The molecular weight excluding hydrogens is 362 g/mol. The maximum absolute atomic E-state index is 12.5. The van der Waals surface area contributed by atoms with Crippen LogP contribution in [0.5, 0.6) is 0 Å². The van der Waals surface area contributed by atoms with Crippen LogP contribution in [0, 0.1) is 0 Å². The number of nitrogens with zero attached hydrogens (tertiary/aromatic N) is 2. The Balaban J connectivity index is 1.47. The zero-order chi connectivity index (χ0) is 20.6. The molecule has 0 saturated heterocycles. The number of carbonyl (C=O) groups is 2. The maximum atomic E-state index is 12.5. The van der Waals surface area contributed by atoms with E-state index >= 15 is 0 Å². The average Bonchev–Trinajstić information content (AvgIpc) is 2.72. The Hall–Kier alpha value is -2.92. The van der Waals surface area contributed by atoms with Gasteiger partial charge in [0.05, 0.1) is 12.5 Å². The molecule has 1 aliphatic rings. The van der Waals surface area contributed by atoms with Crippen molar-refractivity contribution in [2.75, 3.05) is 20.1 Å². The minimum Gasteiger partial charge on any atom is -0.356 e. The summed E-state index contributed by atoms with van der Waals surface area (Å²) in [5, 5.41) is 3.01. The highest BCUT2D eigenvalue weighted by Crippen LogP contribution is 2.32. The quantitative estimate of drug-likeness (QED) is 0.700. The van der Waals surface area contributed by atoms with Crippen LogP contribution in [-0.4, -0.2) is 41.8 Å². The van der Waals surface area contributed by atoms with E-state index in [2.05, 4.69) is 29.4 Å². The molecule has 0 bridgehead atoms. The van der Waals surface area contributed by atoms with E-state index in [0.717, 1.165) is 30.6 Å². The van der Waals surface area contributed by atoms with Gasteiger partial charge in [-0.05, 0) is 42.8 Å². The van der Waals surface area contributed by atoms with E-state index in [9.17, 15) is 9.59 Å². The Labute approximate surface area is 173 Å². The van der Waals surface area contributed by atoms with Gasteiger partial charge in [0.1, 0.15) is 0 Å². The van der Waals surface area contributed by atoms with Crippen LogP contribution in [0.1, 0.15) is 42.5 Å². The van der Waals surface area contributed by atoms with E-state index < -0.39 is 0 Å². The van der Waals surface area contributed by atoms with Gasteiger partial charge < -0.3 is 15.1 Å². The fourth-order valence-corrected chi connectivity index (χ4v) is 3.71. The van der Waals surface area contributed by atoms with Crippen molar-refractivity contribution < 1.29 is 9.59 Å². The monoisotopic (exact) mass is 391 g/mol. The van der Waals surface area contributed by atoms with Crippen LogP contribution >= 0.6 is 0 Å². The maximum Gasteiger partial charge on any atom is 0.223 e. The van der Waals surface area contributed by atoms with Crippen LogP contribution in [0.4, 0.5) is 0 Å². The molecule has 152 valence electrons. The zero-order valence-corrected chi connectivity index (χ0v) is 17.2. The summed E-state index contributed by atoms with van der Waals surface area (Å²) in [6.45, 7) is 3.96. The molecule has 1 unspecified atom stereocenters. The minimum absolute atomic E-state index is 0.0305. The molecule has 1 aliphatic heterocycles. The molecule has 2 aromatic carbocycles. The molecule has 29 heavy (non-hydrogen) atoms. The van der Waals surface area contributed by atoms with Crippen molar-refractivity contribution in [3.63, 3.8) is 0 Å². The molecule has 1 atom stereocenters. The Kier molecular flexibility index (Phi) is 7.19. The van der Waals surface area contributed by atoms with E-state index in [4.69, 9.17) is 0 Å². The number of hydrogen-bond acceptors (Lipinski definition) is 3. The lowest BCUT2D eigenvalue weighted by Gasteiger charge is -2.32. The first-order valence-electron chi connectivity index (χ1n) is 10.1. The highest BCUT2D eigenvalue weighted by molar-refractivity contribution is 5.81. The second-order valence-electron chi connectivity index (χ2n) is 7.52. The molecule has 0 fully saturated rings. The Morgan fingerprint density at radius 3 is 2.55 bits per heavy atom. The van der Waals surface area contributed by atoms with E-state index in [-0.39, 0.29) is 24.3 Å². The Bertz CT molecular complexity index is 863. The normalized spacial score (nSPS) is 15.3. The third-order valence-corrected chi connectivity index (χ3v) is 5.18. The molecule has 0 aromatic heterocycles. The predicted octanol–water partition coefficient (Wildman–Crippen LogP) is 3.59.